The minimum absolute atomic E-state index is 0.302. The predicted molar refractivity (Wildman–Crippen MR) is 91.4 cm³/mol. The average Bonchev–Trinajstić information content (AvgIpc) is 2.53. The van der Waals surface area contributed by atoms with Crippen LogP contribution in [0.15, 0.2) is 34.9 Å². The molecule has 1 aromatic heterocycles. The van der Waals surface area contributed by atoms with Crippen molar-refractivity contribution in [2.75, 3.05) is 20.1 Å². The lowest BCUT2D eigenvalue weighted by molar-refractivity contribution is 0.146. The summed E-state index contributed by atoms with van der Waals surface area (Å²) in [7, 11) is 2.07. The van der Waals surface area contributed by atoms with E-state index in [0.29, 0.717) is 5.54 Å². The maximum Gasteiger partial charge on any atom is 0.0758 e. The van der Waals surface area contributed by atoms with Crippen molar-refractivity contribution < 1.29 is 0 Å². The van der Waals surface area contributed by atoms with Crippen molar-refractivity contribution in [1.29, 1.82) is 0 Å². The van der Waals surface area contributed by atoms with Crippen LogP contribution in [0.1, 0.15) is 25.3 Å². The second kappa shape index (κ2) is 6.03. The standard InChI is InChI=1S/C17H22BrN3/c1-17(19-2)7-10-21(11-8-17)12-13-5-6-15(18)14-4-3-9-20-16(13)14/h3-6,9,19H,7-8,10-12H2,1-2H3. The van der Waals surface area contributed by atoms with Crippen LogP contribution in [0.5, 0.6) is 0 Å². The highest BCUT2D eigenvalue weighted by atomic mass is 79.9. The fourth-order valence-electron chi connectivity index (χ4n) is 3.02. The van der Waals surface area contributed by atoms with Crippen LogP contribution in [0, 0.1) is 0 Å². The first-order chi connectivity index (χ1) is 10.1. The molecule has 21 heavy (non-hydrogen) atoms. The second-order valence-corrected chi connectivity index (χ2v) is 7.05. The van der Waals surface area contributed by atoms with Gasteiger partial charge in [-0.3, -0.25) is 9.88 Å². The van der Waals surface area contributed by atoms with Crippen LogP contribution in [0.4, 0.5) is 0 Å². The van der Waals surface area contributed by atoms with Gasteiger partial charge in [0.25, 0.3) is 0 Å². The Kier molecular flexibility index (Phi) is 4.29. The molecule has 1 fully saturated rings. The van der Waals surface area contributed by atoms with Gasteiger partial charge in [-0.2, -0.15) is 0 Å². The van der Waals surface area contributed by atoms with Gasteiger partial charge < -0.3 is 5.32 Å². The number of aromatic nitrogens is 1. The quantitative estimate of drug-likeness (QED) is 0.919. The molecule has 3 nitrogen and oxygen atoms in total. The van der Waals surface area contributed by atoms with Crippen LogP contribution in [-0.4, -0.2) is 35.6 Å². The van der Waals surface area contributed by atoms with E-state index < -0.39 is 0 Å². The smallest absolute Gasteiger partial charge is 0.0758 e. The van der Waals surface area contributed by atoms with Gasteiger partial charge in [-0.25, -0.2) is 0 Å². The summed E-state index contributed by atoms with van der Waals surface area (Å²) < 4.78 is 1.12. The molecule has 112 valence electrons. The molecule has 0 atom stereocenters. The molecule has 0 spiro atoms. The van der Waals surface area contributed by atoms with Crippen molar-refractivity contribution >= 4 is 26.8 Å². The molecule has 1 aliphatic rings. The Balaban J connectivity index is 1.79. The number of rotatable bonds is 3. The third-order valence-electron chi connectivity index (χ3n) is 4.76. The monoisotopic (exact) mass is 347 g/mol. The van der Waals surface area contributed by atoms with E-state index in [-0.39, 0.29) is 0 Å². The molecular weight excluding hydrogens is 326 g/mol. The molecule has 1 N–H and O–H groups in total. The topological polar surface area (TPSA) is 28.2 Å². The summed E-state index contributed by atoms with van der Waals surface area (Å²) >= 11 is 3.62. The van der Waals surface area contributed by atoms with Crippen LogP contribution in [0.25, 0.3) is 10.9 Å². The number of pyridine rings is 1. The van der Waals surface area contributed by atoms with E-state index in [1.807, 2.05) is 12.3 Å². The Bertz CT molecular complexity index is 633. The van der Waals surface area contributed by atoms with E-state index in [4.69, 9.17) is 0 Å². The number of nitrogens with zero attached hydrogens (tertiary/aromatic N) is 2. The molecular formula is C17H22BrN3. The number of likely N-dealkylation sites (tertiary alicyclic amines) is 1. The summed E-state index contributed by atoms with van der Waals surface area (Å²) in [5, 5.41) is 4.66. The van der Waals surface area contributed by atoms with Crippen LogP contribution in [0.2, 0.25) is 0 Å². The van der Waals surface area contributed by atoms with E-state index in [9.17, 15) is 0 Å². The molecule has 0 bridgehead atoms. The van der Waals surface area contributed by atoms with E-state index in [0.717, 1.165) is 29.6 Å². The molecule has 0 amide bonds. The number of hydrogen-bond donors (Lipinski definition) is 1. The number of benzene rings is 1. The maximum atomic E-state index is 4.58. The van der Waals surface area contributed by atoms with E-state index in [2.05, 4.69) is 63.3 Å². The Labute approximate surface area is 134 Å². The van der Waals surface area contributed by atoms with Gasteiger partial charge in [0.1, 0.15) is 0 Å². The molecule has 0 aliphatic carbocycles. The largest absolute Gasteiger partial charge is 0.314 e. The van der Waals surface area contributed by atoms with Crippen LogP contribution in [0.3, 0.4) is 0 Å². The van der Waals surface area contributed by atoms with E-state index in [1.54, 1.807) is 0 Å². The third kappa shape index (κ3) is 3.12. The summed E-state index contributed by atoms with van der Waals surface area (Å²) in [6.07, 6.45) is 4.28. The zero-order valence-electron chi connectivity index (χ0n) is 12.7. The Morgan fingerprint density at radius 2 is 2.05 bits per heavy atom. The summed E-state index contributed by atoms with van der Waals surface area (Å²) in [5.74, 6) is 0. The number of fused-ring (bicyclic) bond motifs is 1. The summed E-state index contributed by atoms with van der Waals surface area (Å²) in [4.78, 5) is 7.12. The minimum Gasteiger partial charge on any atom is -0.314 e. The van der Waals surface area contributed by atoms with Gasteiger partial charge in [-0.15, -0.1) is 0 Å². The highest BCUT2D eigenvalue weighted by molar-refractivity contribution is 9.10. The molecule has 2 heterocycles. The van der Waals surface area contributed by atoms with E-state index in [1.165, 1.54) is 23.8 Å². The van der Waals surface area contributed by atoms with E-state index >= 15 is 0 Å². The van der Waals surface area contributed by atoms with Gasteiger partial charge >= 0.3 is 0 Å². The van der Waals surface area contributed by atoms with Gasteiger partial charge in [0.15, 0.2) is 0 Å². The van der Waals surface area contributed by atoms with Crippen molar-refractivity contribution in [1.82, 2.24) is 15.2 Å². The predicted octanol–water partition coefficient (Wildman–Crippen LogP) is 3.57. The molecule has 4 heteroatoms. The van der Waals surface area contributed by atoms with Crippen molar-refractivity contribution in [3.05, 3.63) is 40.5 Å². The number of halogens is 1. The second-order valence-electron chi connectivity index (χ2n) is 6.19. The lowest BCUT2D eigenvalue weighted by Gasteiger charge is -2.39. The molecule has 2 aromatic rings. The first-order valence-electron chi connectivity index (χ1n) is 7.55. The Hall–Kier alpha value is -0.970. The number of hydrogen-bond acceptors (Lipinski definition) is 3. The first kappa shape index (κ1) is 14.9. The van der Waals surface area contributed by atoms with Gasteiger partial charge in [0.05, 0.1) is 5.52 Å². The Morgan fingerprint density at radius 3 is 2.76 bits per heavy atom. The van der Waals surface area contributed by atoms with Crippen LogP contribution in [-0.2, 0) is 6.54 Å². The average molecular weight is 348 g/mol. The zero-order valence-corrected chi connectivity index (χ0v) is 14.3. The minimum atomic E-state index is 0.302. The molecule has 1 aliphatic heterocycles. The number of piperidine rings is 1. The SMILES string of the molecule is CNC1(C)CCN(Cc2ccc(Br)c3cccnc23)CC1. The fourth-order valence-corrected chi connectivity index (χ4v) is 3.47. The Morgan fingerprint density at radius 1 is 1.29 bits per heavy atom. The highest BCUT2D eigenvalue weighted by Crippen LogP contribution is 2.28. The number of nitrogens with one attached hydrogen (secondary N) is 1. The lowest BCUT2D eigenvalue weighted by Crippen LogP contribution is -2.49. The molecule has 1 saturated heterocycles. The van der Waals surface area contributed by atoms with Crippen molar-refractivity contribution in [3.8, 4) is 0 Å². The molecule has 0 unspecified atom stereocenters. The van der Waals surface area contributed by atoms with Crippen molar-refractivity contribution in [2.24, 2.45) is 0 Å². The third-order valence-corrected chi connectivity index (χ3v) is 5.45. The maximum absolute atomic E-state index is 4.58. The first-order valence-corrected chi connectivity index (χ1v) is 8.34. The lowest BCUT2D eigenvalue weighted by atomic mass is 9.89. The van der Waals surface area contributed by atoms with Crippen LogP contribution < -0.4 is 5.32 Å². The molecule has 3 rings (SSSR count). The molecule has 0 saturated carbocycles. The summed E-state index contributed by atoms with van der Waals surface area (Å²) in [5.41, 5.74) is 2.74. The van der Waals surface area contributed by atoms with Crippen molar-refractivity contribution in [3.63, 3.8) is 0 Å². The molecule has 1 aromatic carbocycles. The highest BCUT2D eigenvalue weighted by Gasteiger charge is 2.28. The van der Waals surface area contributed by atoms with Gasteiger partial charge in [-0.1, -0.05) is 28.1 Å². The summed E-state index contributed by atoms with van der Waals surface area (Å²) in [6, 6.07) is 8.46. The van der Waals surface area contributed by atoms with Crippen molar-refractivity contribution in [2.45, 2.75) is 31.8 Å². The van der Waals surface area contributed by atoms with Crippen LogP contribution >= 0.6 is 15.9 Å². The molecule has 0 radical (unpaired) electrons. The van der Waals surface area contributed by atoms with Gasteiger partial charge in [-0.05, 0) is 44.5 Å². The zero-order chi connectivity index (χ0) is 14.9. The van der Waals surface area contributed by atoms with Gasteiger partial charge in [0.2, 0.25) is 0 Å². The van der Waals surface area contributed by atoms with Gasteiger partial charge in [0, 0.05) is 41.2 Å². The fraction of sp³-hybridized carbons (Fsp3) is 0.471. The summed E-state index contributed by atoms with van der Waals surface area (Å²) in [6.45, 7) is 5.59. The normalized spacial score (nSPS) is 19.0.